The van der Waals surface area contributed by atoms with Crippen LogP contribution in [0.25, 0.3) is 0 Å². The van der Waals surface area contributed by atoms with Crippen LogP contribution in [0.1, 0.15) is 45.6 Å². The quantitative estimate of drug-likeness (QED) is 0.795. The maximum atomic E-state index is 13.1. The smallest absolute Gasteiger partial charge is 0.319 e. The van der Waals surface area contributed by atoms with E-state index in [1.165, 1.54) is 0 Å². The Hall–Kier alpha value is -2.35. The van der Waals surface area contributed by atoms with Crippen molar-refractivity contribution in [2.75, 3.05) is 5.32 Å². The van der Waals surface area contributed by atoms with Gasteiger partial charge in [-0.2, -0.15) is 5.26 Å². The number of aliphatic carboxylic acids is 1. The normalized spacial score (nSPS) is 26.0. The van der Waals surface area contributed by atoms with Gasteiger partial charge in [0, 0.05) is 5.69 Å². The number of nitriles is 1. The number of hydrogen-bond acceptors (Lipinski definition) is 3. The van der Waals surface area contributed by atoms with E-state index in [-0.39, 0.29) is 17.8 Å². The van der Waals surface area contributed by atoms with Gasteiger partial charge >= 0.3 is 5.97 Å². The summed E-state index contributed by atoms with van der Waals surface area (Å²) < 4.78 is 0. The van der Waals surface area contributed by atoms with E-state index >= 15 is 0 Å². The van der Waals surface area contributed by atoms with Gasteiger partial charge in [-0.25, -0.2) is 0 Å². The lowest BCUT2D eigenvalue weighted by Crippen LogP contribution is -2.53. The Morgan fingerprint density at radius 1 is 1.32 bits per heavy atom. The second kappa shape index (κ2) is 7.69. The maximum absolute atomic E-state index is 13.1. The predicted molar refractivity (Wildman–Crippen MR) is 95.8 cm³/mol. The van der Waals surface area contributed by atoms with Gasteiger partial charge in [-0.15, -0.1) is 0 Å². The van der Waals surface area contributed by atoms with E-state index in [2.05, 4.69) is 11.4 Å². The Labute approximate surface area is 149 Å². The second-order valence-electron chi connectivity index (χ2n) is 7.50. The van der Waals surface area contributed by atoms with Gasteiger partial charge < -0.3 is 10.4 Å². The SMILES string of the molecule is CC1CCC(C(C)C)C(C(=O)O)(C(=O)Nc2ccc(CC#N)cc2)C1. The first-order valence-corrected chi connectivity index (χ1v) is 8.82. The number of amides is 1. The maximum Gasteiger partial charge on any atom is 0.319 e. The van der Waals surface area contributed by atoms with Gasteiger partial charge in [-0.1, -0.05) is 39.3 Å². The fraction of sp³-hybridized carbons (Fsp3) is 0.550. The second-order valence-corrected chi connectivity index (χ2v) is 7.50. The van der Waals surface area contributed by atoms with Gasteiger partial charge in [0.25, 0.3) is 0 Å². The molecule has 25 heavy (non-hydrogen) atoms. The summed E-state index contributed by atoms with van der Waals surface area (Å²) in [4.78, 5) is 25.3. The highest BCUT2D eigenvalue weighted by Gasteiger charge is 2.55. The molecule has 1 amide bonds. The molecule has 1 fully saturated rings. The lowest BCUT2D eigenvalue weighted by atomic mass is 9.59. The van der Waals surface area contributed by atoms with Gasteiger partial charge in [0.2, 0.25) is 5.91 Å². The first kappa shape index (κ1) is 19.0. The van der Waals surface area contributed by atoms with Crippen LogP contribution in [0.5, 0.6) is 0 Å². The van der Waals surface area contributed by atoms with Crippen LogP contribution in [0.2, 0.25) is 0 Å². The molecule has 134 valence electrons. The average molecular weight is 342 g/mol. The van der Waals surface area contributed by atoms with E-state index < -0.39 is 17.3 Å². The minimum Gasteiger partial charge on any atom is -0.480 e. The van der Waals surface area contributed by atoms with Crippen molar-refractivity contribution in [3.63, 3.8) is 0 Å². The lowest BCUT2D eigenvalue weighted by Gasteiger charge is -2.44. The lowest BCUT2D eigenvalue weighted by molar-refractivity contribution is -0.164. The van der Waals surface area contributed by atoms with Crippen molar-refractivity contribution in [2.24, 2.45) is 23.2 Å². The van der Waals surface area contributed by atoms with Crippen LogP contribution in [0.15, 0.2) is 24.3 Å². The number of rotatable bonds is 5. The minimum absolute atomic E-state index is 0.118. The van der Waals surface area contributed by atoms with Crippen LogP contribution in [0.4, 0.5) is 5.69 Å². The van der Waals surface area contributed by atoms with E-state index in [1.807, 2.05) is 20.8 Å². The van der Waals surface area contributed by atoms with Crippen LogP contribution in [0.3, 0.4) is 0 Å². The first-order chi connectivity index (χ1) is 11.8. The number of anilines is 1. The Morgan fingerprint density at radius 3 is 2.48 bits per heavy atom. The first-order valence-electron chi connectivity index (χ1n) is 8.82. The molecule has 2 N–H and O–H groups in total. The molecule has 1 saturated carbocycles. The standard InChI is InChI=1S/C20H26N2O3/c1-13(2)17-9-4-14(3)12-20(17,19(24)25)18(23)22-16-7-5-15(6-8-16)10-11-21/h5-8,13-14,17H,4,9-10,12H2,1-3H3,(H,22,23)(H,24,25). The summed E-state index contributed by atoms with van der Waals surface area (Å²) in [5.41, 5.74) is 0.0322. The molecular formula is C20H26N2O3. The fourth-order valence-electron chi connectivity index (χ4n) is 4.06. The summed E-state index contributed by atoms with van der Waals surface area (Å²) in [5, 5.41) is 21.5. The number of hydrogen-bond donors (Lipinski definition) is 2. The number of carboxylic acid groups (broad SMARTS) is 1. The van der Waals surface area contributed by atoms with Crippen molar-refractivity contribution in [2.45, 2.75) is 46.5 Å². The molecule has 5 nitrogen and oxygen atoms in total. The van der Waals surface area contributed by atoms with Crippen molar-refractivity contribution in [1.29, 1.82) is 5.26 Å². The molecule has 2 rings (SSSR count). The molecule has 0 heterocycles. The molecule has 0 spiro atoms. The molecule has 0 radical (unpaired) electrons. The molecule has 3 atom stereocenters. The summed E-state index contributed by atoms with van der Waals surface area (Å²) in [5.74, 6) is -1.32. The monoisotopic (exact) mass is 342 g/mol. The van der Waals surface area contributed by atoms with Crippen LogP contribution in [0, 0.1) is 34.5 Å². The molecule has 0 aromatic heterocycles. The minimum atomic E-state index is -1.39. The number of carboxylic acids is 1. The van der Waals surface area contributed by atoms with Gasteiger partial charge in [-0.05, 0) is 48.3 Å². The summed E-state index contributed by atoms with van der Waals surface area (Å²) in [6, 6.07) is 9.06. The number of carbonyl (C=O) groups is 2. The molecule has 1 aromatic rings. The van der Waals surface area contributed by atoms with Crippen LogP contribution < -0.4 is 5.32 Å². The zero-order valence-electron chi connectivity index (χ0n) is 15.1. The zero-order chi connectivity index (χ0) is 18.6. The fourth-order valence-corrected chi connectivity index (χ4v) is 4.06. The summed E-state index contributed by atoms with van der Waals surface area (Å²) in [6.07, 6.45) is 2.37. The topological polar surface area (TPSA) is 90.2 Å². The highest BCUT2D eigenvalue weighted by Crippen LogP contribution is 2.48. The van der Waals surface area contributed by atoms with E-state index in [4.69, 9.17) is 5.26 Å². The van der Waals surface area contributed by atoms with Crippen molar-refractivity contribution < 1.29 is 14.7 Å². The zero-order valence-corrected chi connectivity index (χ0v) is 15.1. The van der Waals surface area contributed by atoms with Crippen LogP contribution >= 0.6 is 0 Å². The van der Waals surface area contributed by atoms with Crippen molar-refractivity contribution in [3.8, 4) is 6.07 Å². The van der Waals surface area contributed by atoms with Crippen molar-refractivity contribution >= 4 is 17.6 Å². The molecule has 0 bridgehead atoms. The number of nitrogens with one attached hydrogen (secondary N) is 1. The summed E-state index contributed by atoms with van der Waals surface area (Å²) in [7, 11) is 0. The van der Waals surface area contributed by atoms with Crippen molar-refractivity contribution in [3.05, 3.63) is 29.8 Å². The van der Waals surface area contributed by atoms with Gasteiger partial charge in [0.05, 0.1) is 12.5 Å². The third kappa shape index (κ3) is 3.84. The number of benzene rings is 1. The molecule has 3 unspecified atom stereocenters. The average Bonchev–Trinajstić information content (AvgIpc) is 2.56. The highest BCUT2D eigenvalue weighted by molar-refractivity contribution is 6.08. The molecule has 0 saturated heterocycles. The third-order valence-electron chi connectivity index (χ3n) is 5.36. The number of nitrogens with zero attached hydrogens (tertiary/aromatic N) is 1. The molecule has 1 aliphatic rings. The van der Waals surface area contributed by atoms with Crippen LogP contribution in [-0.4, -0.2) is 17.0 Å². The Bertz CT molecular complexity index is 675. The van der Waals surface area contributed by atoms with Gasteiger partial charge in [0.15, 0.2) is 0 Å². The van der Waals surface area contributed by atoms with Gasteiger partial charge in [-0.3, -0.25) is 9.59 Å². The summed E-state index contributed by atoms with van der Waals surface area (Å²) >= 11 is 0. The third-order valence-corrected chi connectivity index (χ3v) is 5.36. The van der Waals surface area contributed by atoms with Crippen LogP contribution in [-0.2, 0) is 16.0 Å². The Balaban J connectivity index is 2.30. The highest BCUT2D eigenvalue weighted by atomic mass is 16.4. The predicted octanol–water partition coefficient (Wildman–Crippen LogP) is 3.85. The molecular weight excluding hydrogens is 316 g/mol. The number of carbonyl (C=O) groups excluding carboxylic acids is 1. The van der Waals surface area contributed by atoms with Crippen molar-refractivity contribution in [1.82, 2.24) is 0 Å². The Morgan fingerprint density at radius 2 is 1.96 bits per heavy atom. The molecule has 0 aliphatic heterocycles. The molecule has 1 aliphatic carbocycles. The Kier molecular flexibility index (Phi) is 5.84. The van der Waals surface area contributed by atoms with E-state index in [1.54, 1.807) is 24.3 Å². The van der Waals surface area contributed by atoms with E-state index in [9.17, 15) is 14.7 Å². The van der Waals surface area contributed by atoms with E-state index in [0.717, 1.165) is 18.4 Å². The largest absolute Gasteiger partial charge is 0.480 e. The molecule has 1 aromatic carbocycles. The molecule has 5 heteroatoms. The van der Waals surface area contributed by atoms with E-state index in [0.29, 0.717) is 18.5 Å². The van der Waals surface area contributed by atoms with Gasteiger partial charge in [0.1, 0.15) is 5.41 Å². The summed E-state index contributed by atoms with van der Waals surface area (Å²) in [6.45, 7) is 5.99.